The van der Waals surface area contributed by atoms with Crippen LogP contribution in [0, 0.1) is 11.3 Å². The molecule has 0 spiro atoms. The maximum atomic E-state index is 12.7. The predicted octanol–water partition coefficient (Wildman–Crippen LogP) is 4.36. The minimum Gasteiger partial charge on any atom is -0.494 e. The van der Waals surface area contributed by atoms with E-state index in [9.17, 15) is 14.9 Å². The first-order valence-electron chi connectivity index (χ1n) is 9.55. The van der Waals surface area contributed by atoms with E-state index in [2.05, 4.69) is 5.32 Å². The van der Waals surface area contributed by atoms with Crippen molar-refractivity contribution in [1.82, 2.24) is 0 Å². The highest BCUT2D eigenvalue weighted by atomic mass is 32.1. The van der Waals surface area contributed by atoms with Gasteiger partial charge in [0.1, 0.15) is 22.4 Å². The van der Waals surface area contributed by atoms with Crippen LogP contribution in [-0.2, 0) is 22.4 Å². The number of fused-ring (bicyclic) bond motifs is 1. The molecular weight excluding hydrogens is 388 g/mol. The van der Waals surface area contributed by atoms with Crippen molar-refractivity contribution in [3.8, 4) is 11.8 Å². The molecule has 1 N–H and O–H groups in total. The van der Waals surface area contributed by atoms with Gasteiger partial charge in [0, 0.05) is 4.88 Å². The zero-order chi connectivity index (χ0) is 20.8. The molecule has 1 aliphatic carbocycles. The first-order chi connectivity index (χ1) is 14.1. The number of nitriles is 1. The van der Waals surface area contributed by atoms with Crippen LogP contribution in [0.1, 0.15) is 46.6 Å². The molecule has 0 unspecified atom stereocenters. The summed E-state index contributed by atoms with van der Waals surface area (Å²) in [6.45, 7) is 4.47. The number of benzene rings is 1. The van der Waals surface area contributed by atoms with Crippen LogP contribution < -0.4 is 10.1 Å². The molecule has 150 valence electrons. The van der Waals surface area contributed by atoms with Crippen LogP contribution in [0.25, 0.3) is 6.08 Å². The second-order valence-electron chi connectivity index (χ2n) is 6.41. The van der Waals surface area contributed by atoms with Crippen LogP contribution in [0.5, 0.6) is 5.75 Å². The third-order valence-corrected chi connectivity index (χ3v) is 5.70. The molecule has 1 aromatic carbocycles. The lowest BCUT2D eigenvalue weighted by Gasteiger charge is -2.08. The molecule has 3 rings (SSSR count). The van der Waals surface area contributed by atoms with E-state index in [0.29, 0.717) is 22.7 Å². The van der Waals surface area contributed by atoms with Crippen molar-refractivity contribution in [2.24, 2.45) is 0 Å². The molecule has 0 atom stereocenters. The highest BCUT2D eigenvalue weighted by molar-refractivity contribution is 7.17. The number of esters is 1. The van der Waals surface area contributed by atoms with E-state index in [0.717, 1.165) is 35.5 Å². The van der Waals surface area contributed by atoms with Gasteiger partial charge < -0.3 is 14.8 Å². The fourth-order valence-electron chi connectivity index (χ4n) is 3.22. The molecule has 1 amide bonds. The molecule has 0 bridgehead atoms. The van der Waals surface area contributed by atoms with Crippen LogP contribution in [0.4, 0.5) is 5.00 Å². The predicted molar refractivity (Wildman–Crippen MR) is 112 cm³/mol. The zero-order valence-electron chi connectivity index (χ0n) is 16.4. The van der Waals surface area contributed by atoms with E-state index >= 15 is 0 Å². The lowest BCUT2D eigenvalue weighted by atomic mass is 10.1. The number of aryl methyl sites for hydroxylation is 1. The standard InChI is InChI=1S/C22H22N2O4S/c1-3-27-16-10-8-14(9-11-16)12-15(13-23)20(25)24-21-19(22(26)28-4-2)17-6-5-7-18(17)29-21/h8-12H,3-7H2,1-2H3,(H,24,25)/b15-12+. The number of nitrogens with one attached hydrogen (secondary N) is 1. The van der Waals surface area contributed by atoms with Gasteiger partial charge in [-0.2, -0.15) is 5.26 Å². The van der Waals surface area contributed by atoms with Gasteiger partial charge in [-0.3, -0.25) is 4.79 Å². The summed E-state index contributed by atoms with van der Waals surface area (Å²) in [5, 5.41) is 12.7. The lowest BCUT2D eigenvalue weighted by Crippen LogP contribution is -2.16. The topological polar surface area (TPSA) is 88.4 Å². The molecule has 2 aromatic rings. The van der Waals surface area contributed by atoms with Crippen molar-refractivity contribution in [3.05, 3.63) is 51.4 Å². The SMILES string of the molecule is CCOC(=O)c1c(NC(=O)/C(C#N)=C/c2ccc(OCC)cc2)sc2c1CCC2. The minimum atomic E-state index is -0.549. The Labute approximate surface area is 173 Å². The monoisotopic (exact) mass is 410 g/mol. The fourth-order valence-corrected chi connectivity index (χ4v) is 4.50. The van der Waals surface area contributed by atoms with Gasteiger partial charge in [-0.15, -0.1) is 11.3 Å². The van der Waals surface area contributed by atoms with Gasteiger partial charge in [0.15, 0.2) is 0 Å². The second-order valence-corrected chi connectivity index (χ2v) is 7.51. The number of ether oxygens (including phenoxy) is 2. The number of anilines is 1. The number of carbonyl (C=O) groups is 2. The molecular formula is C22H22N2O4S. The van der Waals surface area contributed by atoms with Crippen LogP contribution in [0.2, 0.25) is 0 Å². The summed E-state index contributed by atoms with van der Waals surface area (Å²) in [5.41, 5.74) is 2.05. The third kappa shape index (κ3) is 4.66. The van der Waals surface area contributed by atoms with Gasteiger partial charge in [-0.05, 0) is 62.4 Å². The average Bonchev–Trinajstić information content (AvgIpc) is 3.28. The lowest BCUT2D eigenvalue weighted by molar-refractivity contribution is -0.112. The summed E-state index contributed by atoms with van der Waals surface area (Å²) in [6, 6.07) is 9.06. The second kappa shape index (κ2) is 9.39. The number of carbonyl (C=O) groups excluding carboxylic acids is 2. The van der Waals surface area contributed by atoms with Gasteiger partial charge >= 0.3 is 5.97 Å². The van der Waals surface area contributed by atoms with E-state index in [4.69, 9.17) is 9.47 Å². The Morgan fingerprint density at radius 2 is 1.97 bits per heavy atom. The van der Waals surface area contributed by atoms with Gasteiger partial charge in [0.05, 0.1) is 18.8 Å². The first-order valence-corrected chi connectivity index (χ1v) is 10.4. The van der Waals surface area contributed by atoms with Crippen molar-refractivity contribution in [2.75, 3.05) is 18.5 Å². The number of rotatable bonds is 7. The molecule has 0 saturated heterocycles. The van der Waals surface area contributed by atoms with Crippen molar-refractivity contribution in [3.63, 3.8) is 0 Å². The number of nitrogens with zero attached hydrogens (tertiary/aromatic N) is 1. The average molecular weight is 410 g/mol. The molecule has 0 saturated carbocycles. The van der Waals surface area contributed by atoms with Crippen molar-refractivity contribution < 1.29 is 19.1 Å². The van der Waals surface area contributed by atoms with Gasteiger partial charge in [-0.1, -0.05) is 12.1 Å². The Hall–Kier alpha value is -3.11. The van der Waals surface area contributed by atoms with E-state index in [1.807, 2.05) is 13.0 Å². The summed E-state index contributed by atoms with van der Waals surface area (Å²) in [7, 11) is 0. The molecule has 7 heteroatoms. The van der Waals surface area contributed by atoms with E-state index < -0.39 is 11.9 Å². The maximum Gasteiger partial charge on any atom is 0.341 e. The highest BCUT2D eigenvalue weighted by Gasteiger charge is 2.28. The van der Waals surface area contributed by atoms with E-state index in [1.165, 1.54) is 17.4 Å². The Balaban J connectivity index is 1.83. The minimum absolute atomic E-state index is 0.0440. The molecule has 1 heterocycles. The quantitative estimate of drug-likeness (QED) is 0.416. The number of thiophene rings is 1. The molecule has 1 aromatic heterocycles. The van der Waals surface area contributed by atoms with Crippen LogP contribution >= 0.6 is 11.3 Å². The van der Waals surface area contributed by atoms with E-state index in [1.54, 1.807) is 31.2 Å². The van der Waals surface area contributed by atoms with Crippen molar-refractivity contribution in [1.29, 1.82) is 5.26 Å². The van der Waals surface area contributed by atoms with Crippen LogP contribution in [0.3, 0.4) is 0 Å². The normalized spacial score (nSPS) is 12.8. The van der Waals surface area contributed by atoms with E-state index in [-0.39, 0.29) is 12.2 Å². The summed E-state index contributed by atoms with van der Waals surface area (Å²) in [5.74, 6) is -0.261. The molecule has 29 heavy (non-hydrogen) atoms. The summed E-state index contributed by atoms with van der Waals surface area (Å²) >= 11 is 1.39. The maximum absolute atomic E-state index is 12.7. The molecule has 0 fully saturated rings. The molecule has 6 nitrogen and oxygen atoms in total. The summed E-state index contributed by atoms with van der Waals surface area (Å²) in [6.07, 6.45) is 4.18. The third-order valence-electron chi connectivity index (χ3n) is 4.50. The Morgan fingerprint density at radius 3 is 2.62 bits per heavy atom. The summed E-state index contributed by atoms with van der Waals surface area (Å²) < 4.78 is 10.6. The molecule has 0 aliphatic heterocycles. The Kier molecular flexibility index (Phi) is 6.68. The number of hydrogen-bond acceptors (Lipinski definition) is 6. The first kappa shape index (κ1) is 20.6. The van der Waals surface area contributed by atoms with Crippen molar-refractivity contribution >= 4 is 34.3 Å². The molecule has 1 aliphatic rings. The van der Waals surface area contributed by atoms with Gasteiger partial charge in [0.25, 0.3) is 5.91 Å². The smallest absolute Gasteiger partial charge is 0.341 e. The summed E-state index contributed by atoms with van der Waals surface area (Å²) in [4.78, 5) is 26.2. The number of amides is 1. The van der Waals surface area contributed by atoms with Gasteiger partial charge in [0.2, 0.25) is 0 Å². The van der Waals surface area contributed by atoms with Crippen molar-refractivity contribution in [2.45, 2.75) is 33.1 Å². The highest BCUT2D eigenvalue weighted by Crippen LogP contribution is 2.39. The van der Waals surface area contributed by atoms with Crippen LogP contribution in [-0.4, -0.2) is 25.1 Å². The Bertz CT molecular complexity index is 983. The Morgan fingerprint density at radius 1 is 1.21 bits per heavy atom. The number of hydrogen-bond donors (Lipinski definition) is 1. The van der Waals surface area contributed by atoms with Gasteiger partial charge in [-0.25, -0.2) is 4.79 Å². The van der Waals surface area contributed by atoms with Crippen LogP contribution in [0.15, 0.2) is 29.8 Å². The fraction of sp³-hybridized carbons (Fsp3) is 0.318. The largest absolute Gasteiger partial charge is 0.494 e. The molecule has 0 radical (unpaired) electrons. The zero-order valence-corrected chi connectivity index (χ0v) is 17.2.